The number of ketones is 1. The Kier molecular flexibility index (Phi) is 5.14. The van der Waals surface area contributed by atoms with Crippen LogP contribution >= 0.6 is 0 Å². The lowest BCUT2D eigenvalue weighted by atomic mass is 9.84. The molecule has 2 fully saturated rings. The van der Waals surface area contributed by atoms with Crippen LogP contribution in [0.3, 0.4) is 0 Å². The number of methoxy groups -OCH3 is 1. The molecule has 2 saturated heterocycles. The van der Waals surface area contributed by atoms with Crippen molar-refractivity contribution in [3.05, 3.63) is 29.3 Å². The molecule has 1 amide bonds. The fourth-order valence-corrected chi connectivity index (χ4v) is 4.19. The second-order valence-electron chi connectivity index (χ2n) is 8.33. The third-order valence-electron chi connectivity index (χ3n) is 5.31. The molecule has 0 aromatic heterocycles. The van der Waals surface area contributed by atoms with Crippen LogP contribution in [-0.2, 0) is 4.74 Å². The number of Topliss-reactive ketones (excluding diaryl/α,β-unsaturated/α-hetero) is 1. The fraction of sp³-hybridized carbons (Fsp3) is 0.571. The van der Waals surface area contributed by atoms with Gasteiger partial charge >= 0.3 is 6.09 Å². The van der Waals surface area contributed by atoms with Crippen molar-refractivity contribution in [2.45, 2.75) is 64.1 Å². The molecule has 1 aromatic carbocycles. The van der Waals surface area contributed by atoms with E-state index in [1.807, 2.05) is 25.7 Å². The minimum absolute atomic E-state index is 0.0369. The second kappa shape index (κ2) is 7.22. The van der Waals surface area contributed by atoms with Gasteiger partial charge in [-0.3, -0.25) is 4.79 Å². The van der Waals surface area contributed by atoms with Gasteiger partial charge in [0.15, 0.2) is 5.78 Å². The summed E-state index contributed by atoms with van der Waals surface area (Å²) in [5.74, 6) is 0.366. The van der Waals surface area contributed by atoms with Crippen molar-refractivity contribution in [1.29, 1.82) is 5.26 Å². The third kappa shape index (κ3) is 3.92. The highest BCUT2D eigenvalue weighted by Crippen LogP contribution is 2.40. The summed E-state index contributed by atoms with van der Waals surface area (Å²) in [6.45, 7) is 5.58. The van der Waals surface area contributed by atoms with E-state index >= 15 is 0 Å². The van der Waals surface area contributed by atoms with Crippen molar-refractivity contribution in [2.75, 3.05) is 7.11 Å². The van der Waals surface area contributed by atoms with E-state index in [4.69, 9.17) is 9.47 Å². The molecule has 2 heterocycles. The zero-order valence-corrected chi connectivity index (χ0v) is 16.3. The molecule has 2 aliphatic heterocycles. The first kappa shape index (κ1) is 19.2. The Labute approximate surface area is 160 Å². The van der Waals surface area contributed by atoms with Gasteiger partial charge < -0.3 is 14.4 Å². The molecule has 1 aromatic rings. The summed E-state index contributed by atoms with van der Waals surface area (Å²) < 4.78 is 10.7. The van der Waals surface area contributed by atoms with Crippen LogP contribution in [0, 0.1) is 17.2 Å². The number of nitrogens with zero attached hydrogens (tertiary/aromatic N) is 2. The molecular weight excluding hydrogens is 344 g/mol. The molecule has 27 heavy (non-hydrogen) atoms. The van der Waals surface area contributed by atoms with Gasteiger partial charge in [-0.25, -0.2) is 4.79 Å². The number of amides is 1. The van der Waals surface area contributed by atoms with E-state index in [2.05, 4.69) is 6.07 Å². The summed E-state index contributed by atoms with van der Waals surface area (Å²) in [5.41, 5.74) is 0.361. The molecule has 2 aliphatic rings. The first-order valence-electron chi connectivity index (χ1n) is 9.37. The Bertz CT molecular complexity index is 776. The van der Waals surface area contributed by atoms with Crippen LogP contribution in [0.1, 0.15) is 62.4 Å². The van der Waals surface area contributed by atoms with E-state index in [1.54, 1.807) is 18.2 Å². The molecule has 2 bridgehead atoms. The van der Waals surface area contributed by atoms with E-state index in [-0.39, 0.29) is 29.9 Å². The van der Waals surface area contributed by atoms with Gasteiger partial charge in [-0.15, -0.1) is 0 Å². The summed E-state index contributed by atoms with van der Waals surface area (Å²) in [6.07, 6.45) is 2.81. The SMILES string of the molecule is COc1ccc(C(=O)C2CC3CCC(C2)N3C(=O)OC(C)(C)C)cc1C#N. The van der Waals surface area contributed by atoms with Crippen LogP contribution in [0.15, 0.2) is 18.2 Å². The molecule has 0 N–H and O–H groups in total. The lowest BCUT2D eigenvalue weighted by molar-refractivity contribution is 0.00254. The maximum absolute atomic E-state index is 13.0. The zero-order chi connectivity index (χ0) is 19.8. The number of rotatable bonds is 3. The number of piperidine rings is 1. The minimum Gasteiger partial charge on any atom is -0.495 e. The van der Waals surface area contributed by atoms with E-state index in [1.165, 1.54) is 7.11 Å². The monoisotopic (exact) mass is 370 g/mol. The molecule has 144 valence electrons. The Hall–Kier alpha value is -2.55. The summed E-state index contributed by atoms with van der Waals surface area (Å²) in [4.78, 5) is 27.4. The maximum atomic E-state index is 13.0. The number of nitriles is 1. The molecule has 0 aliphatic carbocycles. The highest BCUT2D eigenvalue weighted by molar-refractivity contribution is 5.98. The van der Waals surface area contributed by atoms with Crippen molar-refractivity contribution < 1.29 is 19.1 Å². The normalized spacial score (nSPS) is 24.3. The molecule has 2 atom stereocenters. The number of benzene rings is 1. The first-order chi connectivity index (χ1) is 12.7. The molecule has 0 spiro atoms. The van der Waals surface area contributed by atoms with Gasteiger partial charge in [0.2, 0.25) is 0 Å². The Balaban J connectivity index is 1.74. The third-order valence-corrected chi connectivity index (χ3v) is 5.31. The molecule has 0 radical (unpaired) electrons. The predicted octanol–water partition coefficient (Wildman–Crippen LogP) is 3.93. The van der Waals surface area contributed by atoms with E-state index in [0.29, 0.717) is 29.7 Å². The highest BCUT2D eigenvalue weighted by atomic mass is 16.6. The second-order valence-corrected chi connectivity index (χ2v) is 8.33. The van der Waals surface area contributed by atoms with E-state index < -0.39 is 5.60 Å². The van der Waals surface area contributed by atoms with Crippen LogP contribution in [-0.4, -0.2) is 41.6 Å². The quantitative estimate of drug-likeness (QED) is 0.753. The molecule has 3 rings (SSSR count). The topological polar surface area (TPSA) is 79.6 Å². The minimum atomic E-state index is -0.528. The summed E-state index contributed by atoms with van der Waals surface area (Å²) in [7, 11) is 1.50. The average Bonchev–Trinajstić information content (AvgIpc) is 2.89. The number of ether oxygens (including phenoxy) is 2. The van der Waals surface area contributed by atoms with Crippen LogP contribution in [0.25, 0.3) is 0 Å². The number of hydrogen-bond donors (Lipinski definition) is 0. The van der Waals surface area contributed by atoms with Crippen molar-refractivity contribution in [1.82, 2.24) is 4.90 Å². The molecule has 2 unspecified atom stereocenters. The maximum Gasteiger partial charge on any atom is 0.410 e. The number of hydrogen-bond acceptors (Lipinski definition) is 5. The van der Waals surface area contributed by atoms with Crippen LogP contribution in [0.2, 0.25) is 0 Å². The van der Waals surface area contributed by atoms with Crippen LogP contribution in [0.4, 0.5) is 4.79 Å². The number of carbonyl (C=O) groups is 2. The van der Waals surface area contributed by atoms with E-state index in [0.717, 1.165) is 12.8 Å². The predicted molar refractivity (Wildman–Crippen MR) is 99.6 cm³/mol. The smallest absolute Gasteiger partial charge is 0.410 e. The number of fused-ring (bicyclic) bond motifs is 2. The molecule has 6 nitrogen and oxygen atoms in total. The van der Waals surface area contributed by atoms with Crippen LogP contribution in [0.5, 0.6) is 5.75 Å². The van der Waals surface area contributed by atoms with Crippen molar-refractivity contribution >= 4 is 11.9 Å². The number of carbonyl (C=O) groups excluding carboxylic acids is 2. The fourth-order valence-electron chi connectivity index (χ4n) is 4.19. The van der Waals surface area contributed by atoms with Gasteiger partial charge in [0.25, 0.3) is 0 Å². The van der Waals surface area contributed by atoms with Gasteiger partial charge in [-0.2, -0.15) is 5.26 Å². The Morgan fingerprint density at radius 2 is 1.81 bits per heavy atom. The average molecular weight is 370 g/mol. The van der Waals surface area contributed by atoms with E-state index in [9.17, 15) is 14.9 Å². The van der Waals surface area contributed by atoms with Gasteiger partial charge in [-0.05, 0) is 64.7 Å². The Morgan fingerprint density at radius 3 is 2.33 bits per heavy atom. The summed E-state index contributed by atoms with van der Waals surface area (Å²) in [5, 5.41) is 9.25. The summed E-state index contributed by atoms with van der Waals surface area (Å²) in [6, 6.07) is 7.13. The standard InChI is InChI=1S/C21H26N2O4/c1-21(2,3)27-20(25)23-16-6-7-17(23)11-14(10-16)19(24)13-5-8-18(26-4)15(9-13)12-22/h5,8-9,14,16-17H,6-7,10-11H2,1-4H3. The zero-order valence-electron chi connectivity index (χ0n) is 16.3. The molecule has 6 heteroatoms. The van der Waals surface area contributed by atoms with Gasteiger partial charge in [0.05, 0.1) is 12.7 Å². The van der Waals surface area contributed by atoms with Crippen molar-refractivity contribution in [2.24, 2.45) is 5.92 Å². The van der Waals surface area contributed by atoms with Gasteiger partial charge in [0.1, 0.15) is 17.4 Å². The molecule has 0 saturated carbocycles. The van der Waals surface area contributed by atoms with Crippen molar-refractivity contribution in [3.63, 3.8) is 0 Å². The lowest BCUT2D eigenvalue weighted by Crippen LogP contribution is -2.49. The molecular formula is C21H26N2O4. The largest absolute Gasteiger partial charge is 0.495 e. The summed E-state index contributed by atoms with van der Waals surface area (Å²) >= 11 is 0. The lowest BCUT2D eigenvalue weighted by Gasteiger charge is -2.39. The van der Waals surface area contributed by atoms with Crippen LogP contribution < -0.4 is 4.74 Å². The highest BCUT2D eigenvalue weighted by Gasteiger charge is 2.46. The van der Waals surface area contributed by atoms with Gasteiger partial charge in [0, 0.05) is 23.6 Å². The van der Waals surface area contributed by atoms with Crippen molar-refractivity contribution in [3.8, 4) is 11.8 Å². The van der Waals surface area contributed by atoms with Gasteiger partial charge in [-0.1, -0.05) is 0 Å². The Morgan fingerprint density at radius 1 is 1.19 bits per heavy atom. The first-order valence-corrected chi connectivity index (χ1v) is 9.37.